The molecule has 0 bridgehead atoms. The molecule has 0 atom stereocenters. The Balaban J connectivity index is 3.29. The SMILES string of the molecule is CC(C)(C)C(=O)/C(C#N)=C\c1ccc(O)c([N+](=O)[O-])c1. The van der Waals surface area contributed by atoms with Gasteiger partial charge < -0.3 is 5.11 Å². The number of carbonyl (C=O) groups excluding carboxylic acids is 1. The van der Waals surface area contributed by atoms with Gasteiger partial charge in [-0.2, -0.15) is 5.26 Å². The number of allylic oxidation sites excluding steroid dienone is 1. The summed E-state index contributed by atoms with van der Waals surface area (Å²) < 4.78 is 0. The second-order valence-corrected chi connectivity index (χ2v) is 5.25. The lowest BCUT2D eigenvalue weighted by atomic mass is 9.86. The number of nitrogens with zero attached hydrogens (tertiary/aromatic N) is 2. The first kappa shape index (κ1) is 15.4. The van der Waals surface area contributed by atoms with E-state index in [9.17, 15) is 20.0 Å². The molecule has 0 saturated carbocycles. The zero-order valence-corrected chi connectivity index (χ0v) is 11.4. The molecule has 0 aliphatic heterocycles. The Bertz CT molecular complexity index is 634. The number of aromatic hydroxyl groups is 1. The van der Waals surface area contributed by atoms with E-state index >= 15 is 0 Å². The molecule has 1 rings (SSSR count). The van der Waals surface area contributed by atoms with Crippen LogP contribution in [0.2, 0.25) is 0 Å². The highest BCUT2D eigenvalue weighted by atomic mass is 16.6. The molecule has 104 valence electrons. The van der Waals surface area contributed by atoms with Crippen LogP contribution in [0.25, 0.3) is 6.08 Å². The van der Waals surface area contributed by atoms with Crippen molar-refractivity contribution in [2.24, 2.45) is 5.41 Å². The lowest BCUT2D eigenvalue weighted by Gasteiger charge is -2.15. The highest BCUT2D eigenvalue weighted by Gasteiger charge is 2.25. The number of nitro groups is 1. The Hall–Kier alpha value is -2.68. The molecule has 6 nitrogen and oxygen atoms in total. The Morgan fingerprint density at radius 1 is 1.45 bits per heavy atom. The number of nitriles is 1. The van der Waals surface area contributed by atoms with Crippen molar-refractivity contribution >= 4 is 17.5 Å². The van der Waals surface area contributed by atoms with E-state index in [1.54, 1.807) is 26.8 Å². The minimum absolute atomic E-state index is 0.0857. The van der Waals surface area contributed by atoms with E-state index in [4.69, 9.17) is 5.26 Å². The van der Waals surface area contributed by atoms with Crippen LogP contribution in [0.4, 0.5) is 5.69 Å². The molecule has 1 aromatic carbocycles. The van der Waals surface area contributed by atoms with Gasteiger partial charge in [0, 0.05) is 11.5 Å². The molecular formula is C14H14N2O4. The fourth-order valence-electron chi connectivity index (χ4n) is 1.50. The summed E-state index contributed by atoms with van der Waals surface area (Å²) in [6, 6.07) is 5.46. The monoisotopic (exact) mass is 274 g/mol. The zero-order chi connectivity index (χ0) is 15.5. The topological polar surface area (TPSA) is 104 Å². The van der Waals surface area contributed by atoms with Gasteiger partial charge in [-0.1, -0.05) is 26.8 Å². The normalized spacial score (nSPS) is 11.8. The predicted molar refractivity (Wildman–Crippen MR) is 72.8 cm³/mol. The number of rotatable bonds is 3. The van der Waals surface area contributed by atoms with Crippen LogP contribution in [0, 0.1) is 26.9 Å². The largest absolute Gasteiger partial charge is 0.502 e. The first-order chi connectivity index (χ1) is 9.16. The number of Topliss-reactive ketones (excluding diaryl/α,β-unsaturated/α-hetero) is 1. The number of phenolic OH excluding ortho intramolecular Hbond substituents is 1. The number of benzene rings is 1. The molecule has 0 fully saturated rings. The number of hydrogen-bond acceptors (Lipinski definition) is 5. The minimum Gasteiger partial charge on any atom is -0.502 e. The van der Waals surface area contributed by atoms with Crippen LogP contribution in [0.5, 0.6) is 5.75 Å². The molecule has 0 amide bonds. The molecule has 20 heavy (non-hydrogen) atoms. The van der Waals surface area contributed by atoms with Gasteiger partial charge in [0.05, 0.1) is 10.5 Å². The van der Waals surface area contributed by atoms with Crippen LogP contribution in [-0.2, 0) is 4.79 Å². The van der Waals surface area contributed by atoms with Crippen molar-refractivity contribution in [1.82, 2.24) is 0 Å². The van der Waals surface area contributed by atoms with Crippen molar-refractivity contribution in [2.45, 2.75) is 20.8 Å². The van der Waals surface area contributed by atoms with Crippen molar-refractivity contribution in [3.05, 3.63) is 39.4 Å². The van der Waals surface area contributed by atoms with E-state index in [-0.39, 0.29) is 11.4 Å². The third kappa shape index (κ3) is 3.42. The van der Waals surface area contributed by atoms with Gasteiger partial charge in [0.25, 0.3) is 0 Å². The number of ketones is 1. The first-order valence-electron chi connectivity index (χ1n) is 5.81. The molecule has 0 radical (unpaired) electrons. The fraction of sp³-hybridized carbons (Fsp3) is 0.286. The number of phenols is 1. The summed E-state index contributed by atoms with van der Waals surface area (Å²) in [4.78, 5) is 22.0. The van der Waals surface area contributed by atoms with Gasteiger partial charge in [-0.3, -0.25) is 14.9 Å². The van der Waals surface area contributed by atoms with Crippen molar-refractivity contribution < 1.29 is 14.8 Å². The summed E-state index contributed by atoms with van der Waals surface area (Å²) >= 11 is 0. The van der Waals surface area contributed by atoms with Gasteiger partial charge in [-0.25, -0.2) is 0 Å². The standard InChI is InChI=1S/C14H14N2O4/c1-14(2,3)13(18)10(8-15)6-9-4-5-12(17)11(7-9)16(19)20/h4-7,17H,1-3H3/b10-6-. The van der Waals surface area contributed by atoms with Gasteiger partial charge in [-0.15, -0.1) is 0 Å². The van der Waals surface area contributed by atoms with Gasteiger partial charge in [0.15, 0.2) is 11.5 Å². The van der Waals surface area contributed by atoms with Crippen LogP contribution in [0.1, 0.15) is 26.3 Å². The highest BCUT2D eigenvalue weighted by molar-refractivity contribution is 6.06. The summed E-state index contributed by atoms with van der Waals surface area (Å²) in [5, 5.41) is 29.1. The highest BCUT2D eigenvalue weighted by Crippen LogP contribution is 2.28. The summed E-state index contributed by atoms with van der Waals surface area (Å²) in [5.41, 5.74) is -0.967. The fourth-order valence-corrected chi connectivity index (χ4v) is 1.50. The van der Waals surface area contributed by atoms with Crippen molar-refractivity contribution in [1.29, 1.82) is 5.26 Å². The van der Waals surface area contributed by atoms with Crippen LogP contribution in [-0.4, -0.2) is 15.8 Å². The van der Waals surface area contributed by atoms with Crippen LogP contribution >= 0.6 is 0 Å². The van der Waals surface area contributed by atoms with Crippen LogP contribution < -0.4 is 0 Å². The zero-order valence-electron chi connectivity index (χ0n) is 11.4. The van der Waals surface area contributed by atoms with Gasteiger partial charge in [0.1, 0.15) is 6.07 Å². The smallest absolute Gasteiger partial charge is 0.311 e. The van der Waals surface area contributed by atoms with E-state index in [1.807, 2.05) is 0 Å². The first-order valence-corrected chi connectivity index (χ1v) is 5.81. The average molecular weight is 274 g/mol. The molecule has 0 unspecified atom stereocenters. The maximum Gasteiger partial charge on any atom is 0.311 e. The maximum absolute atomic E-state index is 12.0. The molecule has 0 saturated heterocycles. The maximum atomic E-state index is 12.0. The predicted octanol–water partition coefficient (Wildman–Crippen LogP) is 2.82. The van der Waals surface area contributed by atoms with Gasteiger partial charge >= 0.3 is 5.69 Å². The third-order valence-electron chi connectivity index (χ3n) is 2.55. The Kier molecular flexibility index (Phi) is 4.25. The van der Waals surface area contributed by atoms with Crippen LogP contribution in [0.3, 0.4) is 0 Å². The molecule has 1 N–H and O–H groups in total. The molecule has 0 spiro atoms. The van der Waals surface area contributed by atoms with E-state index in [1.165, 1.54) is 12.1 Å². The minimum atomic E-state index is -0.732. The second kappa shape index (κ2) is 5.53. The summed E-state index contributed by atoms with van der Waals surface area (Å²) in [7, 11) is 0. The van der Waals surface area contributed by atoms with E-state index in [0.29, 0.717) is 5.56 Å². The van der Waals surface area contributed by atoms with Crippen molar-refractivity contribution in [3.63, 3.8) is 0 Å². The molecule has 0 aromatic heterocycles. The lowest BCUT2D eigenvalue weighted by molar-refractivity contribution is -0.385. The van der Waals surface area contributed by atoms with Crippen molar-refractivity contribution in [2.75, 3.05) is 0 Å². The summed E-state index contributed by atoms with van der Waals surface area (Å²) in [6.45, 7) is 5.04. The third-order valence-corrected chi connectivity index (χ3v) is 2.55. The molecule has 0 aliphatic carbocycles. The molecule has 0 heterocycles. The quantitative estimate of drug-likeness (QED) is 0.395. The molecule has 1 aromatic rings. The summed E-state index contributed by atoms with van der Waals surface area (Å²) in [5.74, 6) is -0.816. The van der Waals surface area contributed by atoms with Gasteiger partial charge in [0.2, 0.25) is 0 Å². The molecule has 0 aliphatic rings. The van der Waals surface area contributed by atoms with Crippen LogP contribution in [0.15, 0.2) is 23.8 Å². The Morgan fingerprint density at radius 3 is 2.50 bits per heavy atom. The van der Waals surface area contributed by atoms with E-state index < -0.39 is 21.8 Å². The van der Waals surface area contributed by atoms with E-state index in [0.717, 1.165) is 12.1 Å². The Morgan fingerprint density at radius 2 is 2.05 bits per heavy atom. The lowest BCUT2D eigenvalue weighted by Crippen LogP contribution is -2.21. The second-order valence-electron chi connectivity index (χ2n) is 5.25. The number of hydrogen-bond donors (Lipinski definition) is 1. The van der Waals surface area contributed by atoms with E-state index in [2.05, 4.69) is 0 Å². The number of nitro benzene ring substituents is 1. The van der Waals surface area contributed by atoms with Crippen molar-refractivity contribution in [3.8, 4) is 11.8 Å². The Labute approximate surface area is 116 Å². The average Bonchev–Trinajstić information content (AvgIpc) is 2.35. The molecule has 6 heteroatoms. The molecular weight excluding hydrogens is 260 g/mol. The number of carbonyl (C=O) groups is 1. The summed E-state index contributed by atoms with van der Waals surface area (Å²) in [6.07, 6.45) is 1.28. The van der Waals surface area contributed by atoms with Gasteiger partial charge in [-0.05, 0) is 17.7 Å².